The van der Waals surface area contributed by atoms with Crippen molar-refractivity contribution < 1.29 is 1.43 Å². The summed E-state index contributed by atoms with van der Waals surface area (Å²) in [6, 6.07) is 18.2. The molecule has 90 valence electrons. The highest BCUT2D eigenvalue weighted by molar-refractivity contribution is 5.61. The second kappa shape index (κ2) is 4.45. The summed E-state index contributed by atoms with van der Waals surface area (Å²) in [5, 5.41) is 7.23. The molecule has 1 aromatic heterocycles. The molecule has 0 fully saturated rings. The zero-order valence-corrected chi connectivity index (χ0v) is 10.1. The van der Waals surface area contributed by atoms with Gasteiger partial charge in [0.05, 0.1) is 0 Å². The zero-order chi connectivity index (χ0) is 12.4. The summed E-state index contributed by atoms with van der Waals surface area (Å²) in [4.78, 5) is 4.51. The van der Waals surface area contributed by atoms with Gasteiger partial charge in [0.2, 0.25) is 0 Å². The van der Waals surface area contributed by atoms with Gasteiger partial charge in [-0.3, -0.25) is 5.10 Å². The van der Waals surface area contributed by atoms with Gasteiger partial charge in [-0.15, -0.1) is 0 Å². The summed E-state index contributed by atoms with van der Waals surface area (Å²) >= 11 is 0. The molecule has 0 amide bonds. The van der Waals surface area contributed by atoms with Crippen molar-refractivity contribution in [1.29, 1.82) is 0 Å². The number of aryl methyl sites for hydroxylation is 1. The van der Waals surface area contributed by atoms with E-state index in [1.807, 2.05) is 42.5 Å². The number of aromatic amines is 1. The van der Waals surface area contributed by atoms with Crippen molar-refractivity contribution in [2.24, 2.45) is 0 Å². The summed E-state index contributed by atoms with van der Waals surface area (Å²) in [7, 11) is 0. The molecule has 3 heteroatoms. The van der Waals surface area contributed by atoms with Crippen LogP contribution >= 0.6 is 0 Å². The summed E-state index contributed by atoms with van der Waals surface area (Å²) in [6.07, 6.45) is 0. The van der Waals surface area contributed by atoms with Crippen LogP contribution in [-0.2, 0) is 0 Å². The number of rotatable bonds is 2. The molecule has 0 aliphatic rings. The molecule has 0 saturated carbocycles. The Bertz CT molecular complexity index is 645. The SMILES string of the molecule is Cc1ccc(-c2nc(-c3ccccc3)n[nH]2)cc1.[HH]. The molecule has 0 unspecified atom stereocenters. The molecule has 1 N–H and O–H groups in total. The van der Waals surface area contributed by atoms with Gasteiger partial charge in [0.1, 0.15) is 0 Å². The molecule has 3 nitrogen and oxygen atoms in total. The van der Waals surface area contributed by atoms with Crippen LogP contribution in [0.3, 0.4) is 0 Å². The normalized spacial score (nSPS) is 10.5. The molecule has 3 rings (SSSR count). The van der Waals surface area contributed by atoms with Crippen molar-refractivity contribution in [1.82, 2.24) is 15.2 Å². The number of aromatic nitrogens is 3. The maximum atomic E-state index is 4.51. The maximum absolute atomic E-state index is 4.51. The summed E-state index contributed by atoms with van der Waals surface area (Å²) in [5.74, 6) is 1.53. The number of H-pyrrole nitrogens is 1. The number of hydrogen-bond donors (Lipinski definition) is 1. The lowest BCUT2D eigenvalue weighted by Gasteiger charge is -1.96. The molecule has 1 heterocycles. The summed E-state index contributed by atoms with van der Waals surface area (Å²) in [5.41, 5.74) is 3.31. The smallest absolute Gasteiger partial charge is 0.181 e. The Hall–Kier alpha value is -2.42. The van der Waals surface area contributed by atoms with E-state index < -0.39 is 0 Å². The van der Waals surface area contributed by atoms with Crippen molar-refractivity contribution in [2.45, 2.75) is 6.92 Å². The van der Waals surface area contributed by atoms with Gasteiger partial charge < -0.3 is 0 Å². The molecule has 18 heavy (non-hydrogen) atoms. The van der Waals surface area contributed by atoms with Crippen LogP contribution in [0.25, 0.3) is 22.8 Å². The first-order chi connectivity index (χ1) is 8.83. The molecule has 0 aliphatic heterocycles. The Kier molecular flexibility index (Phi) is 2.65. The van der Waals surface area contributed by atoms with Crippen LogP contribution in [0, 0.1) is 6.92 Å². The van der Waals surface area contributed by atoms with Gasteiger partial charge >= 0.3 is 0 Å². The van der Waals surface area contributed by atoms with Crippen LogP contribution < -0.4 is 0 Å². The van der Waals surface area contributed by atoms with E-state index >= 15 is 0 Å². The van der Waals surface area contributed by atoms with Gasteiger partial charge in [0, 0.05) is 12.6 Å². The van der Waals surface area contributed by atoms with Crippen molar-refractivity contribution in [3.05, 3.63) is 60.2 Å². The second-order valence-corrected chi connectivity index (χ2v) is 4.24. The Balaban J connectivity index is 0.00000133. The molecular formula is C15H15N3. The first kappa shape index (κ1) is 10.7. The standard InChI is InChI=1S/C15H13N3.H2/c1-11-7-9-13(10-8-11)15-16-14(17-18-15)12-5-3-2-4-6-12;/h2-10H,1H3,(H,16,17,18);1H. The highest BCUT2D eigenvalue weighted by Gasteiger charge is 2.06. The van der Waals surface area contributed by atoms with E-state index in [1.54, 1.807) is 0 Å². The highest BCUT2D eigenvalue weighted by Crippen LogP contribution is 2.19. The minimum atomic E-state index is 0. The number of nitrogens with zero attached hydrogens (tertiary/aromatic N) is 2. The molecule has 0 radical (unpaired) electrons. The van der Waals surface area contributed by atoms with Gasteiger partial charge in [-0.2, -0.15) is 5.10 Å². The predicted molar refractivity (Wildman–Crippen MR) is 74.1 cm³/mol. The van der Waals surface area contributed by atoms with E-state index in [0.29, 0.717) is 0 Å². The lowest BCUT2D eigenvalue weighted by molar-refractivity contribution is 1.10. The van der Waals surface area contributed by atoms with Gasteiger partial charge in [-0.25, -0.2) is 4.98 Å². The Morgan fingerprint density at radius 1 is 0.889 bits per heavy atom. The Morgan fingerprint density at radius 3 is 2.33 bits per heavy atom. The quantitative estimate of drug-likeness (QED) is 0.738. The van der Waals surface area contributed by atoms with Crippen molar-refractivity contribution in [3.8, 4) is 22.8 Å². The third-order valence-electron chi connectivity index (χ3n) is 2.84. The minimum absolute atomic E-state index is 0. The van der Waals surface area contributed by atoms with Crippen LogP contribution in [0.4, 0.5) is 0 Å². The van der Waals surface area contributed by atoms with Gasteiger partial charge in [0.25, 0.3) is 0 Å². The molecule has 0 bridgehead atoms. The highest BCUT2D eigenvalue weighted by atomic mass is 15.2. The molecule has 0 aliphatic carbocycles. The lowest BCUT2D eigenvalue weighted by Crippen LogP contribution is -1.81. The van der Waals surface area contributed by atoms with E-state index in [2.05, 4.69) is 34.2 Å². The number of nitrogens with one attached hydrogen (secondary N) is 1. The molecule has 0 saturated heterocycles. The molecule has 0 atom stereocenters. The number of benzene rings is 2. The summed E-state index contributed by atoms with van der Waals surface area (Å²) < 4.78 is 0. The van der Waals surface area contributed by atoms with E-state index in [1.165, 1.54) is 5.56 Å². The Morgan fingerprint density at radius 2 is 1.61 bits per heavy atom. The first-order valence-electron chi connectivity index (χ1n) is 5.88. The molecule has 0 spiro atoms. The van der Waals surface area contributed by atoms with Gasteiger partial charge in [-0.05, 0) is 6.92 Å². The van der Waals surface area contributed by atoms with E-state index in [9.17, 15) is 0 Å². The average molecular weight is 237 g/mol. The van der Waals surface area contributed by atoms with Crippen LogP contribution in [0.1, 0.15) is 6.99 Å². The number of hydrogen-bond acceptors (Lipinski definition) is 2. The molecule has 2 aromatic carbocycles. The molecular weight excluding hydrogens is 222 g/mol. The fraction of sp³-hybridized carbons (Fsp3) is 0.0667. The topological polar surface area (TPSA) is 41.6 Å². The Labute approximate surface area is 107 Å². The third-order valence-corrected chi connectivity index (χ3v) is 2.84. The first-order valence-corrected chi connectivity index (χ1v) is 5.88. The van der Waals surface area contributed by atoms with Gasteiger partial charge in [0.15, 0.2) is 11.6 Å². The zero-order valence-electron chi connectivity index (χ0n) is 10.1. The van der Waals surface area contributed by atoms with E-state index in [0.717, 1.165) is 22.8 Å². The van der Waals surface area contributed by atoms with E-state index in [-0.39, 0.29) is 1.43 Å². The van der Waals surface area contributed by atoms with Crippen molar-refractivity contribution in [2.75, 3.05) is 0 Å². The second-order valence-electron chi connectivity index (χ2n) is 4.24. The fourth-order valence-electron chi connectivity index (χ4n) is 1.82. The summed E-state index contributed by atoms with van der Waals surface area (Å²) in [6.45, 7) is 2.07. The predicted octanol–water partition coefficient (Wildman–Crippen LogP) is 3.69. The lowest BCUT2D eigenvalue weighted by atomic mass is 10.1. The average Bonchev–Trinajstić information content (AvgIpc) is 2.90. The van der Waals surface area contributed by atoms with Crippen molar-refractivity contribution in [3.63, 3.8) is 0 Å². The van der Waals surface area contributed by atoms with Crippen LogP contribution in [0.2, 0.25) is 0 Å². The monoisotopic (exact) mass is 237 g/mol. The van der Waals surface area contributed by atoms with Crippen molar-refractivity contribution >= 4 is 0 Å². The van der Waals surface area contributed by atoms with Gasteiger partial charge in [-0.1, -0.05) is 60.2 Å². The van der Waals surface area contributed by atoms with Crippen LogP contribution in [-0.4, -0.2) is 15.2 Å². The fourth-order valence-corrected chi connectivity index (χ4v) is 1.82. The maximum Gasteiger partial charge on any atom is 0.181 e. The third kappa shape index (κ3) is 2.02. The van der Waals surface area contributed by atoms with Crippen LogP contribution in [0.15, 0.2) is 54.6 Å². The minimum Gasteiger partial charge on any atom is -0.259 e. The van der Waals surface area contributed by atoms with Crippen LogP contribution in [0.5, 0.6) is 0 Å². The molecule has 3 aromatic rings. The largest absolute Gasteiger partial charge is 0.259 e. The van der Waals surface area contributed by atoms with E-state index in [4.69, 9.17) is 0 Å².